The van der Waals surface area contributed by atoms with Gasteiger partial charge in [0.2, 0.25) is 0 Å². The number of hydrogen-bond acceptors (Lipinski definition) is 3. The number of hydrogen-bond donors (Lipinski definition) is 1. The van der Waals surface area contributed by atoms with Crippen LogP contribution in [0.3, 0.4) is 0 Å². The Kier molecular flexibility index (Phi) is 3.54. The predicted molar refractivity (Wildman–Crippen MR) is 71.6 cm³/mol. The Morgan fingerprint density at radius 3 is 2.47 bits per heavy atom. The molecule has 0 aromatic heterocycles. The van der Waals surface area contributed by atoms with Gasteiger partial charge in [-0.15, -0.1) is 0 Å². The van der Waals surface area contributed by atoms with Crippen molar-refractivity contribution in [1.29, 1.82) is 0 Å². The number of nitrogen functional groups attached to an aromatic ring is 1. The molecule has 0 aliphatic heterocycles. The first-order valence-corrected chi connectivity index (χ1v) is 5.84. The van der Waals surface area contributed by atoms with Crippen molar-refractivity contribution >= 4 is 21.6 Å². The summed E-state index contributed by atoms with van der Waals surface area (Å²) in [6, 6.07) is 12.9. The van der Waals surface area contributed by atoms with Gasteiger partial charge in [0.15, 0.2) is 0 Å². The summed E-state index contributed by atoms with van der Waals surface area (Å²) in [5.41, 5.74) is 6.36. The van der Waals surface area contributed by atoms with E-state index in [1.54, 1.807) is 25.3 Å². The molecule has 0 unspecified atom stereocenters. The van der Waals surface area contributed by atoms with Gasteiger partial charge in [-0.25, -0.2) is 0 Å². The average molecular weight is 294 g/mol. The van der Waals surface area contributed by atoms with Crippen molar-refractivity contribution in [3.05, 3.63) is 46.9 Å². The molecule has 0 spiro atoms. The predicted octanol–water partition coefficient (Wildman–Crippen LogP) is 3.83. The Hall–Kier alpha value is -1.68. The van der Waals surface area contributed by atoms with Gasteiger partial charge in [-0.2, -0.15) is 0 Å². The van der Waals surface area contributed by atoms with E-state index in [1.165, 1.54) is 0 Å². The molecule has 0 saturated carbocycles. The van der Waals surface area contributed by atoms with Gasteiger partial charge in [0.1, 0.15) is 17.2 Å². The molecule has 0 atom stereocenters. The van der Waals surface area contributed by atoms with Crippen LogP contribution >= 0.6 is 15.9 Å². The summed E-state index contributed by atoms with van der Waals surface area (Å²) in [6.07, 6.45) is 0. The third-order valence-corrected chi connectivity index (χ3v) is 2.66. The minimum atomic E-state index is 0.606. The monoisotopic (exact) mass is 293 g/mol. The maximum atomic E-state index is 5.75. The van der Waals surface area contributed by atoms with Gasteiger partial charge in [-0.1, -0.05) is 22.0 Å². The summed E-state index contributed by atoms with van der Waals surface area (Å²) in [4.78, 5) is 0. The quantitative estimate of drug-likeness (QED) is 0.875. The number of benzene rings is 2. The lowest BCUT2D eigenvalue weighted by Crippen LogP contribution is -1.91. The van der Waals surface area contributed by atoms with Crippen LogP contribution in [0.15, 0.2) is 46.9 Å². The lowest BCUT2D eigenvalue weighted by Gasteiger charge is -2.08. The summed E-state index contributed by atoms with van der Waals surface area (Å²) in [6.45, 7) is 0. The van der Waals surface area contributed by atoms with E-state index in [9.17, 15) is 0 Å². The largest absolute Gasteiger partial charge is 0.497 e. The van der Waals surface area contributed by atoms with Gasteiger partial charge >= 0.3 is 0 Å². The molecule has 2 N–H and O–H groups in total. The SMILES string of the molecule is COc1cc(N)cc(Oc2cccc(Br)c2)c1. The van der Waals surface area contributed by atoms with Crippen molar-refractivity contribution in [1.82, 2.24) is 0 Å². The van der Waals surface area contributed by atoms with Crippen LogP contribution in [-0.4, -0.2) is 7.11 Å². The van der Waals surface area contributed by atoms with E-state index in [-0.39, 0.29) is 0 Å². The van der Waals surface area contributed by atoms with Crippen LogP contribution in [0.4, 0.5) is 5.69 Å². The van der Waals surface area contributed by atoms with Gasteiger partial charge in [-0.05, 0) is 18.2 Å². The van der Waals surface area contributed by atoms with Crippen molar-refractivity contribution in [3.63, 3.8) is 0 Å². The molecule has 0 aliphatic carbocycles. The van der Waals surface area contributed by atoms with Crippen molar-refractivity contribution in [2.24, 2.45) is 0 Å². The number of ether oxygens (including phenoxy) is 2. The van der Waals surface area contributed by atoms with Crippen molar-refractivity contribution in [3.8, 4) is 17.2 Å². The van der Waals surface area contributed by atoms with Gasteiger partial charge in [0.05, 0.1) is 7.11 Å². The van der Waals surface area contributed by atoms with Crippen LogP contribution in [0, 0.1) is 0 Å². The molecule has 0 bridgehead atoms. The first-order chi connectivity index (χ1) is 8.17. The first kappa shape index (κ1) is 11.8. The molecule has 0 aliphatic rings. The van der Waals surface area contributed by atoms with Gasteiger partial charge in [0.25, 0.3) is 0 Å². The van der Waals surface area contributed by atoms with Crippen LogP contribution < -0.4 is 15.2 Å². The molecule has 0 saturated heterocycles. The highest BCUT2D eigenvalue weighted by Crippen LogP contribution is 2.29. The molecule has 2 rings (SSSR count). The van der Waals surface area contributed by atoms with E-state index < -0.39 is 0 Å². The van der Waals surface area contributed by atoms with Crippen molar-refractivity contribution in [2.45, 2.75) is 0 Å². The maximum absolute atomic E-state index is 5.75. The molecule has 2 aromatic carbocycles. The second-order valence-electron chi connectivity index (χ2n) is 3.50. The van der Waals surface area contributed by atoms with Gasteiger partial charge in [-0.3, -0.25) is 0 Å². The third-order valence-electron chi connectivity index (χ3n) is 2.17. The zero-order chi connectivity index (χ0) is 12.3. The normalized spacial score (nSPS) is 10.0. The Morgan fingerprint density at radius 2 is 1.76 bits per heavy atom. The fourth-order valence-corrected chi connectivity index (χ4v) is 1.82. The summed E-state index contributed by atoms with van der Waals surface area (Å²) >= 11 is 3.39. The number of nitrogens with two attached hydrogens (primary N) is 1. The van der Waals surface area contributed by atoms with E-state index in [2.05, 4.69) is 15.9 Å². The lowest BCUT2D eigenvalue weighted by atomic mass is 10.3. The number of rotatable bonds is 3. The Labute approximate surface area is 108 Å². The van der Waals surface area contributed by atoms with E-state index in [0.29, 0.717) is 17.2 Å². The summed E-state index contributed by atoms with van der Waals surface area (Å²) in [5.74, 6) is 2.07. The van der Waals surface area contributed by atoms with Crippen molar-refractivity contribution in [2.75, 3.05) is 12.8 Å². The summed E-state index contributed by atoms with van der Waals surface area (Å²) < 4.78 is 11.8. The fourth-order valence-electron chi connectivity index (χ4n) is 1.44. The molecule has 2 aromatic rings. The topological polar surface area (TPSA) is 44.5 Å². The molecule has 0 heterocycles. The highest BCUT2D eigenvalue weighted by Gasteiger charge is 2.02. The number of halogens is 1. The third kappa shape index (κ3) is 3.14. The van der Waals surface area contributed by atoms with E-state index in [0.717, 1.165) is 10.2 Å². The van der Waals surface area contributed by atoms with Crippen LogP contribution in [0.25, 0.3) is 0 Å². The van der Waals surface area contributed by atoms with Gasteiger partial charge < -0.3 is 15.2 Å². The van der Waals surface area contributed by atoms with E-state index >= 15 is 0 Å². The van der Waals surface area contributed by atoms with Crippen molar-refractivity contribution < 1.29 is 9.47 Å². The Balaban J connectivity index is 2.26. The van der Waals surface area contributed by atoms with Crippen LogP contribution in [0.2, 0.25) is 0 Å². The minimum Gasteiger partial charge on any atom is -0.497 e. The molecule has 17 heavy (non-hydrogen) atoms. The van der Waals surface area contributed by atoms with Crippen LogP contribution in [0.5, 0.6) is 17.2 Å². The number of anilines is 1. The van der Waals surface area contributed by atoms with Crippen LogP contribution in [0.1, 0.15) is 0 Å². The molecule has 88 valence electrons. The summed E-state index contributed by atoms with van der Waals surface area (Å²) in [7, 11) is 1.59. The first-order valence-electron chi connectivity index (χ1n) is 5.05. The molecule has 4 heteroatoms. The second kappa shape index (κ2) is 5.10. The van der Waals surface area contributed by atoms with Gasteiger partial charge in [0, 0.05) is 28.4 Å². The molecule has 3 nitrogen and oxygen atoms in total. The maximum Gasteiger partial charge on any atom is 0.133 e. The Morgan fingerprint density at radius 1 is 1.00 bits per heavy atom. The highest BCUT2D eigenvalue weighted by molar-refractivity contribution is 9.10. The molecule has 0 amide bonds. The standard InChI is InChI=1S/C13H12BrNO2/c1-16-12-6-10(15)7-13(8-12)17-11-4-2-3-9(14)5-11/h2-8H,15H2,1H3. The summed E-state index contributed by atoms with van der Waals surface area (Å²) in [5, 5.41) is 0. The molecule has 0 fully saturated rings. The second-order valence-corrected chi connectivity index (χ2v) is 4.42. The number of methoxy groups -OCH3 is 1. The molecular weight excluding hydrogens is 282 g/mol. The molecular formula is C13H12BrNO2. The average Bonchev–Trinajstić information content (AvgIpc) is 2.28. The zero-order valence-electron chi connectivity index (χ0n) is 9.31. The minimum absolute atomic E-state index is 0.606. The fraction of sp³-hybridized carbons (Fsp3) is 0.0769. The van der Waals surface area contributed by atoms with E-state index in [1.807, 2.05) is 24.3 Å². The molecule has 0 radical (unpaired) electrons. The zero-order valence-corrected chi connectivity index (χ0v) is 10.9. The van der Waals surface area contributed by atoms with E-state index in [4.69, 9.17) is 15.2 Å². The Bertz CT molecular complexity index is 529. The van der Waals surface area contributed by atoms with Crippen LogP contribution in [-0.2, 0) is 0 Å². The smallest absolute Gasteiger partial charge is 0.133 e. The lowest BCUT2D eigenvalue weighted by molar-refractivity contribution is 0.409. The highest BCUT2D eigenvalue weighted by atomic mass is 79.9.